The Kier molecular flexibility index (Phi) is 3.01. The smallest absolute Gasteiger partial charge is 0.261 e. The van der Waals surface area contributed by atoms with Gasteiger partial charge in [-0.15, -0.1) is 0 Å². The number of fused-ring (bicyclic) bond motifs is 1. The van der Waals surface area contributed by atoms with Gasteiger partial charge in [-0.3, -0.25) is 4.79 Å². The second-order valence-electron chi connectivity index (χ2n) is 5.16. The van der Waals surface area contributed by atoms with Crippen LogP contribution >= 0.6 is 0 Å². The van der Waals surface area contributed by atoms with Crippen molar-refractivity contribution in [1.82, 2.24) is 0 Å². The first kappa shape index (κ1) is 12.8. The van der Waals surface area contributed by atoms with Crippen molar-refractivity contribution in [2.75, 3.05) is 17.2 Å². The van der Waals surface area contributed by atoms with E-state index in [1.165, 1.54) is 5.56 Å². The number of carbonyl (C=O) groups excluding carboxylic acids is 1. The summed E-state index contributed by atoms with van der Waals surface area (Å²) in [4.78, 5) is 14.5. The van der Waals surface area contributed by atoms with Crippen LogP contribution in [0.5, 0.6) is 0 Å². The summed E-state index contributed by atoms with van der Waals surface area (Å²) in [7, 11) is 0. The van der Waals surface area contributed by atoms with Crippen molar-refractivity contribution in [2.45, 2.75) is 26.7 Å². The molecule has 4 nitrogen and oxygen atoms in total. The minimum absolute atomic E-state index is 0.00222. The second-order valence-corrected chi connectivity index (χ2v) is 5.16. The number of aryl methyl sites for hydroxylation is 2. The van der Waals surface area contributed by atoms with Crippen LogP contribution in [0.15, 0.2) is 28.9 Å². The van der Waals surface area contributed by atoms with Crippen LogP contribution < -0.4 is 10.6 Å². The number of hydrogen-bond donors (Lipinski definition) is 1. The van der Waals surface area contributed by atoms with Crippen LogP contribution in [0.2, 0.25) is 0 Å². The first-order valence-corrected chi connectivity index (χ1v) is 6.89. The summed E-state index contributed by atoms with van der Waals surface area (Å²) in [6.45, 7) is 4.67. The van der Waals surface area contributed by atoms with Crippen molar-refractivity contribution in [1.29, 1.82) is 0 Å². The first-order chi connectivity index (χ1) is 9.61. The molecule has 3 rings (SSSR count). The molecule has 0 spiro atoms. The van der Waals surface area contributed by atoms with E-state index in [1.807, 2.05) is 19.9 Å². The van der Waals surface area contributed by atoms with Gasteiger partial charge < -0.3 is 15.1 Å². The number of nitrogens with two attached hydrogens (primary N) is 1. The number of anilines is 2. The zero-order chi connectivity index (χ0) is 14.3. The van der Waals surface area contributed by atoms with Gasteiger partial charge in [-0.2, -0.15) is 0 Å². The van der Waals surface area contributed by atoms with Crippen LogP contribution in [0.4, 0.5) is 11.4 Å². The summed E-state index contributed by atoms with van der Waals surface area (Å²) in [6, 6.07) is 5.73. The van der Waals surface area contributed by atoms with Gasteiger partial charge in [0.2, 0.25) is 0 Å². The molecule has 1 amide bonds. The standard InChI is InChI=1S/C16H18N2O2/c1-3-15-12(5-7-20-15)16(19)18-6-4-11-8-10(2)13(17)9-14(11)18/h5,7-9H,3-4,6,17H2,1-2H3. The van der Waals surface area contributed by atoms with Crippen LogP contribution in [-0.4, -0.2) is 12.5 Å². The third-order valence-electron chi connectivity index (χ3n) is 3.90. The Morgan fingerprint density at radius 3 is 3.00 bits per heavy atom. The quantitative estimate of drug-likeness (QED) is 0.853. The number of nitrogens with zero attached hydrogens (tertiary/aromatic N) is 1. The molecule has 0 fully saturated rings. The molecule has 0 atom stereocenters. The summed E-state index contributed by atoms with van der Waals surface area (Å²) in [6.07, 6.45) is 3.17. The molecule has 2 N–H and O–H groups in total. The first-order valence-electron chi connectivity index (χ1n) is 6.89. The van der Waals surface area contributed by atoms with Crippen LogP contribution in [0, 0.1) is 6.92 Å². The Labute approximate surface area is 118 Å². The molecule has 1 aliphatic rings. The molecule has 1 aliphatic heterocycles. The normalized spacial score (nSPS) is 13.6. The molecule has 0 bridgehead atoms. The highest BCUT2D eigenvalue weighted by Crippen LogP contribution is 2.33. The van der Waals surface area contributed by atoms with Crippen molar-refractivity contribution in [3.63, 3.8) is 0 Å². The van der Waals surface area contributed by atoms with Gasteiger partial charge in [0.1, 0.15) is 5.76 Å². The van der Waals surface area contributed by atoms with Gasteiger partial charge in [0.25, 0.3) is 5.91 Å². The highest BCUT2D eigenvalue weighted by atomic mass is 16.3. The third kappa shape index (κ3) is 1.88. The average Bonchev–Trinajstić information content (AvgIpc) is 3.05. The fraction of sp³-hybridized carbons (Fsp3) is 0.312. The lowest BCUT2D eigenvalue weighted by molar-refractivity contribution is 0.0987. The minimum Gasteiger partial charge on any atom is -0.469 e. The number of benzene rings is 1. The molecule has 1 aromatic heterocycles. The van der Waals surface area contributed by atoms with E-state index in [4.69, 9.17) is 10.2 Å². The number of furan rings is 1. The average molecular weight is 270 g/mol. The molecule has 0 saturated carbocycles. The molecule has 20 heavy (non-hydrogen) atoms. The number of rotatable bonds is 2. The maximum absolute atomic E-state index is 12.7. The molecule has 0 unspecified atom stereocenters. The molecule has 4 heteroatoms. The number of nitrogen functional groups attached to an aromatic ring is 1. The summed E-state index contributed by atoms with van der Waals surface area (Å²) in [5.41, 5.74) is 10.5. The van der Waals surface area contributed by atoms with E-state index in [0.717, 1.165) is 29.1 Å². The molecular weight excluding hydrogens is 252 g/mol. The molecule has 2 heterocycles. The van der Waals surface area contributed by atoms with Gasteiger partial charge in [-0.1, -0.05) is 13.0 Å². The Hall–Kier alpha value is -2.23. The van der Waals surface area contributed by atoms with E-state index >= 15 is 0 Å². The third-order valence-corrected chi connectivity index (χ3v) is 3.90. The van der Waals surface area contributed by atoms with Crippen LogP contribution in [-0.2, 0) is 12.8 Å². The molecule has 2 aromatic rings. The van der Waals surface area contributed by atoms with Crippen LogP contribution in [0.3, 0.4) is 0 Å². The zero-order valence-corrected chi connectivity index (χ0v) is 11.8. The van der Waals surface area contributed by atoms with Gasteiger partial charge in [0, 0.05) is 24.3 Å². The highest BCUT2D eigenvalue weighted by molar-refractivity contribution is 6.08. The largest absolute Gasteiger partial charge is 0.469 e. The van der Waals surface area contributed by atoms with Gasteiger partial charge in [0.05, 0.1) is 11.8 Å². The Morgan fingerprint density at radius 2 is 2.25 bits per heavy atom. The summed E-state index contributed by atoms with van der Waals surface area (Å²) in [5.74, 6) is 0.737. The Bertz CT molecular complexity index is 673. The van der Waals surface area contributed by atoms with Crippen LogP contribution in [0.25, 0.3) is 0 Å². The van der Waals surface area contributed by atoms with Gasteiger partial charge in [-0.25, -0.2) is 0 Å². The van der Waals surface area contributed by atoms with E-state index in [2.05, 4.69) is 6.07 Å². The van der Waals surface area contributed by atoms with Crippen molar-refractivity contribution in [2.24, 2.45) is 0 Å². The predicted octanol–water partition coefficient (Wildman–Crippen LogP) is 2.94. The van der Waals surface area contributed by atoms with Gasteiger partial charge >= 0.3 is 0 Å². The topological polar surface area (TPSA) is 59.5 Å². The molecule has 1 aromatic carbocycles. The van der Waals surface area contributed by atoms with E-state index in [9.17, 15) is 4.79 Å². The molecule has 0 radical (unpaired) electrons. The molecule has 104 valence electrons. The number of carbonyl (C=O) groups is 1. The van der Waals surface area contributed by atoms with E-state index in [1.54, 1.807) is 17.2 Å². The molecule has 0 saturated heterocycles. The van der Waals surface area contributed by atoms with Crippen molar-refractivity contribution in [3.8, 4) is 0 Å². The van der Waals surface area contributed by atoms with E-state index in [0.29, 0.717) is 18.5 Å². The monoisotopic (exact) mass is 270 g/mol. The van der Waals surface area contributed by atoms with Crippen LogP contribution in [0.1, 0.15) is 34.2 Å². The second kappa shape index (κ2) is 4.71. The van der Waals surface area contributed by atoms with Gasteiger partial charge in [-0.05, 0) is 36.6 Å². The lowest BCUT2D eigenvalue weighted by Gasteiger charge is -2.18. The van der Waals surface area contributed by atoms with Crippen molar-refractivity contribution < 1.29 is 9.21 Å². The van der Waals surface area contributed by atoms with Crippen molar-refractivity contribution in [3.05, 3.63) is 46.9 Å². The maximum Gasteiger partial charge on any atom is 0.261 e. The molecular formula is C16H18N2O2. The van der Waals surface area contributed by atoms with Crippen molar-refractivity contribution >= 4 is 17.3 Å². The molecule has 0 aliphatic carbocycles. The Balaban J connectivity index is 1.99. The maximum atomic E-state index is 12.7. The Morgan fingerprint density at radius 1 is 1.45 bits per heavy atom. The number of amides is 1. The minimum atomic E-state index is -0.00222. The highest BCUT2D eigenvalue weighted by Gasteiger charge is 2.28. The predicted molar refractivity (Wildman–Crippen MR) is 79.1 cm³/mol. The zero-order valence-electron chi connectivity index (χ0n) is 11.8. The lowest BCUT2D eigenvalue weighted by Crippen LogP contribution is -2.29. The van der Waals surface area contributed by atoms with E-state index in [-0.39, 0.29) is 5.91 Å². The van der Waals surface area contributed by atoms with Gasteiger partial charge in [0.15, 0.2) is 0 Å². The summed E-state index contributed by atoms with van der Waals surface area (Å²) < 4.78 is 5.35. The fourth-order valence-corrected chi connectivity index (χ4v) is 2.74. The lowest BCUT2D eigenvalue weighted by atomic mass is 10.1. The fourth-order valence-electron chi connectivity index (χ4n) is 2.74. The van der Waals surface area contributed by atoms with E-state index < -0.39 is 0 Å². The SMILES string of the molecule is CCc1occc1C(=O)N1CCc2cc(C)c(N)cc21. The summed E-state index contributed by atoms with van der Waals surface area (Å²) in [5, 5.41) is 0. The summed E-state index contributed by atoms with van der Waals surface area (Å²) >= 11 is 0. The number of hydrogen-bond acceptors (Lipinski definition) is 3.